The number of aromatic hydroxyl groups is 1. The molecule has 2 amide bonds. The van der Waals surface area contributed by atoms with E-state index in [1.54, 1.807) is 29.7 Å². The van der Waals surface area contributed by atoms with Gasteiger partial charge in [0.25, 0.3) is 5.91 Å². The number of nitrogens with one attached hydrogen (secondary N) is 3. The summed E-state index contributed by atoms with van der Waals surface area (Å²) in [6, 6.07) is 12.7. The van der Waals surface area contributed by atoms with Crippen LogP contribution in [0.4, 0.5) is 0 Å². The molecule has 0 heterocycles. The lowest BCUT2D eigenvalue weighted by molar-refractivity contribution is -0.138. The second kappa shape index (κ2) is 11.0. The van der Waals surface area contributed by atoms with Crippen LogP contribution in [0.3, 0.4) is 0 Å². The molecule has 0 spiro atoms. The van der Waals surface area contributed by atoms with E-state index in [9.17, 15) is 25.0 Å². The summed E-state index contributed by atoms with van der Waals surface area (Å²) in [7, 11) is 0. The molecule has 2 aliphatic rings. The normalized spacial score (nSPS) is 21.9. The van der Waals surface area contributed by atoms with Crippen LogP contribution in [-0.4, -0.2) is 45.4 Å². The van der Waals surface area contributed by atoms with E-state index in [0.717, 1.165) is 43.2 Å². The number of aliphatic hydroxyl groups is 1. The zero-order valence-electron chi connectivity index (χ0n) is 19.1. The molecule has 0 bridgehead atoms. The van der Waals surface area contributed by atoms with Gasteiger partial charge in [-0.1, -0.05) is 55.7 Å². The molecular formula is C26H33N3O5. The average Bonchev–Trinajstić information content (AvgIpc) is 3.16. The lowest BCUT2D eigenvalue weighted by atomic mass is 9.87. The Morgan fingerprint density at radius 3 is 2.50 bits per heavy atom. The van der Waals surface area contributed by atoms with Crippen LogP contribution in [0.2, 0.25) is 0 Å². The molecule has 2 aliphatic carbocycles. The summed E-state index contributed by atoms with van der Waals surface area (Å²) in [5, 5.41) is 36.3. The Morgan fingerprint density at radius 2 is 1.76 bits per heavy atom. The molecule has 0 aromatic heterocycles. The van der Waals surface area contributed by atoms with Crippen molar-refractivity contribution >= 4 is 11.8 Å². The Morgan fingerprint density at radius 1 is 1.00 bits per heavy atom. The molecular weight excluding hydrogens is 434 g/mol. The number of amides is 2. The second-order valence-electron chi connectivity index (χ2n) is 9.39. The van der Waals surface area contributed by atoms with Gasteiger partial charge in [-0.05, 0) is 48.1 Å². The minimum atomic E-state index is -0.982. The first-order valence-corrected chi connectivity index (χ1v) is 12.0. The van der Waals surface area contributed by atoms with Crippen molar-refractivity contribution in [3.8, 4) is 5.75 Å². The predicted molar refractivity (Wildman–Crippen MR) is 126 cm³/mol. The molecule has 8 heteroatoms. The Hall–Kier alpha value is -2.94. The van der Waals surface area contributed by atoms with E-state index in [1.165, 1.54) is 0 Å². The molecule has 0 radical (unpaired) electrons. The topological polar surface area (TPSA) is 131 Å². The van der Waals surface area contributed by atoms with Crippen molar-refractivity contribution in [2.75, 3.05) is 0 Å². The SMILES string of the molecule is O=C(NO)[C@@H](NC1CCCCC1)[C@@H](Cc1cccc(O)c1)C(=O)N[C@H]1c2ccccc2C[C@H]1O. The zero-order chi connectivity index (χ0) is 24.1. The van der Waals surface area contributed by atoms with E-state index in [1.807, 2.05) is 24.3 Å². The van der Waals surface area contributed by atoms with Crippen molar-refractivity contribution in [3.05, 3.63) is 65.2 Å². The Bertz CT molecular complexity index is 1010. The molecule has 1 fully saturated rings. The Labute approximate surface area is 199 Å². The van der Waals surface area contributed by atoms with Crippen molar-refractivity contribution < 1.29 is 25.0 Å². The third kappa shape index (κ3) is 5.58. The number of phenolic OH excluding ortho intramolecular Hbond substituents is 1. The van der Waals surface area contributed by atoms with Crippen LogP contribution in [0.1, 0.15) is 54.8 Å². The minimum Gasteiger partial charge on any atom is -0.508 e. The standard InChI is InChI=1S/C26H33N3O5/c30-19-11-6-7-16(13-19)14-21(24(26(33)29-34)27-18-9-2-1-3-10-18)25(32)28-23-20-12-5-4-8-17(20)15-22(23)31/h4-8,11-13,18,21-24,27,30-31,34H,1-3,9-10,14-15H2,(H,28,32)(H,29,33)/t21-,22-,23+,24+/m1/s1. The van der Waals surface area contributed by atoms with Gasteiger partial charge in [-0.15, -0.1) is 0 Å². The molecule has 4 rings (SSSR count). The van der Waals surface area contributed by atoms with Crippen LogP contribution in [0.15, 0.2) is 48.5 Å². The highest BCUT2D eigenvalue weighted by atomic mass is 16.5. The number of phenols is 1. The van der Waals surface area contributed by atoms with Crippen molar-refractivity contribution in [2.24, 2.45) is 5.92 Å². The van der Waals surface area contributed by atoms with Gasteiger partial charge in [-0.2, -0.15) is 0 Å². The number of hydrogen-bond donors (Lipinski definition) is 6. The maximum atomic E-state index is 13.7. The van der Waals surface area contributed by atoms with Gasteiger partial charge in [0, 0.05) is 12.5 Å². The molecule has 8 nitrogen and oxygen atoms in total. The smallest absolute Gasteiger partial charge is 0.261 e. The number of carbonyl (C=O) groups excluding carboxylic acids is 2. The van der Waals surface area contributed by atoms with Gasteiger partial charge in [-0.3, -0.25) is 14.8 Å². The monoisotopic (exact) mass is 467 g/mol. The molecule has 0 unspecified atom stereocenters. The van der Waals surface area contributed by atoms with Gasteiger partial charge in [0.2, 0.25) is 5.91 Å². The quantitative estimate of drug-likeness (QED) is 0.260. The third-order valence-corrected chi connectivity index (χ3v) is 7.02. The van der Waals surface area contributed by atoms with Gasteiger partial charge in [0.15, 0.2) is 0 Å². The van der Waals surface area contributed by atoms with Crippen molar-refractivity contribution in [1.82, 2.24) is 16.1 Å². The summed E-state index contributed by atoms with van der Waals surface area (Å²) >= 11 is 0. The van der Waals surface area contributed by atoms with Gasteiger partial charge < -0.3 is 20.8 Å². The van der Waals surface area contributed by atoms with Gasteiger partial charge in [0.1, 0.15) is 11.8 Å². The van der Waals surface area contributed by atoms with Crippen molar-refractivity contribution in [1.29, 1.82) is 0 Å². The van der Waals surface area contributed by atoms with Gasteiger partial charge in [0.05, 0.1) is 18.1 Å². The number of aliphatic hydroxyl groups excluding tert-OH is 1. The minimum absolute atomic E-state index is 0.0633. The van der Waals surface area contributed by atoms with Crippen LogP contribution in [0.25, 0.3) is 0 Å². The Kier molecular flexibility index (Phi) is 7.82. The number of rotatable bonds is 8. The molecule has 0 saturated heterocycles. The average molecular weight is 468 g/mol. The van der Waals surface area contributed by atoms with Crippen LogP contribution in [0.5, 0.6) is 5.75 Å². The fourth-order valence-corrected chi connectivity index (χ4v) is 5.27. The zero-order valence-corrected chi connectivity index (χ0v) is 19.1. The molecule has 34 heavy (non-hydrogen) atoms. The molecule has 0 aliphatic heterocycles. The summed E-state index contributed by atoms with van der Waals surface area (Å²) in [6.07, 6.45) is 4.86. The lowest BCUT2D eigenvalue weighted by Gasteiger charge is -2.32. The summed E-state index contributed by atoms with van der Waals surface area (Å²) in [5.41, 5.74) is 4.26. The first-order valence-electron chi connectivity index (χ1n) is 12.0. The van der Waals surface area contributed by atoms with E-state index >= 15 is 0 Å². The second-order valence-corrected chi connectivity index (χ2v) is 9.39. The highest BCUT2D eigenvalue weighted by Gasteiger charge is 2.39. The van der Waals surface area contributed by atoms with E-state index in [0.29, 0.717) is 12.0 Å². The highest BCUT2D eigenvalue weighted by Crippen LogP contribution is 2.32. The van der Waals surface area contributed by atoms with Crippen LogP contribution < -0.4 is 16.1 Å². The van der Waals surface area contributed by atoms with Crippen LogP contribution >= 0.6 is 0 Å². The first-order chi connectivity index (χ1) is 16.5. The van der Waals surface area contributed by atoms with Crippen molar-refractivity contribution in [3.63, 3.8) is 0 Å². The van der Waals surface area contributed by atoms with Crippen LogP contribution in [0, 0.1) is 5.92 Å². The van der Waals surface area contributed by atoms with E-state index < -0.39 is 35.9 Å². The lowest BCUT2D eigenvalue weighted by Crippen LogP contribution is -2.56. The molecule has 1 saturated carbocycles. The maximum absolute atomic E-state index is 13.7. The number of fused-ring (bicyclic) bond motifs is 1. The van der Waals surface area contributed by atoms with E-state index in [2.05, 4.69) is 10.6 Å². The summed E-state index contributed by atoms with van der Waals surface area (Å²) in [6.45, 7) is 0. The fourth-order valence-electron chi connectivity index (χ4n) is 5.27. The first kappa shape index (κ1) is 24.2. The Balaban J connectivity index is 1.61. The van der Waals surface area contributed by atoms with E-state index in [4.69, 9.17) is 0 Å². The number of hydroxylamine groups is 1. The molecule has 2 aromatic rings. The summed E-state index contributed by atoms with van der Waals surface area (Å²) in [4.78, 5) is 26.4. The molecule has 6 N–H and O–H groups in total. The number of hydrogen-bond acceptors (Lipinski definition) is 6. The number of carbonyl (C=O) groups is 2. The molecule has 2 aromatic carbocycles. The molecule has 182 valence electrons. The van der Waals surface area contributed by atoms with Crippen LogP contribution in [-0.2, 0) is 22.4 Å². The highest BCUT2D eigenvalue weighted by molar-refractivity contribution is 5.90. The largest absolute Gasteiger partial charge is 0.508 e. The van der Waals surface area contributed by atoms with E-state index in [-0.39, 0.29) is 18.2 Å². The van der Waals surface area contributed by atoms with Crippen molar-refractivity contribution in [2.45, 2.75) is 69.2 Å². The fraction of sp³-hybridized carbons (Fsp3) is 0.462. The maximum Gasteiger partial charge on any atom is 0.261 e. The number of benzene rings is 2. The summed E-state index contributed by atoms with van der Waals surface area (Å²) in [5.74, 6) is -1.89. The van der Waals surface area contributed by atoms with Gasteiger partial charge in [-0.25, -0.2) is 5.48 Å². The molecule has 4 atom stereocenters. The predicted octanol–water partition coefficient (Wildman–Crippen LogP) is 2.12. The third-order valence-electron chi connectivity index (χ3n) is 7.02. The van der Waals surface area contributed by atoms with Gasteiger partial charge >= 0.3 is 0 Å². The summed E-state index contributed by atoms with van der Waals surface area (Å²) < 4.78 is 0.